The summed E-state index contributed by atoms with van der Waals surface area (Å²) in [5, 5.41) is 4.90. The van der Waals surface area contributed by atoms with Crippen molar-refractivity contribution in [1.82, 2.24) is 9.29 Å². The van der Waals surface area contributed by atoms with E-state index in [0.717, 1.165) is 57.9 Å². The standard InChI is InChI=1S/C29H33N3O3S3/c1-4-6-17-32(5-2)38(34,35)21-14-12-20(13-15-21)27(33)31-29-26(22-16-11-19(3)18-25(22)37-29)28-30-23-9-7-8-10-24(23)36-28/h7-10,12-15,19H,4-6,11,16-18H2,1-3H3,(H,31,33). The summed E-state index contributed by atoms with van der Waals surface area (Å²) >= 11 is 3.30. The second kappa shape index (κ2) is 11.3. The van der Waals surface area contributed by atoms with E-state index in [1.807, 2.05) is 32.0 Å². The van der Waals surface area contributed by atoms with Gasteiger partial charge in [0.25, 0.3) is 5.91 Å². The maximum absolute atomic E-state index is 13.4. The van der Waals surface area contributed by atoms with E-state index in [-0.39, 0.29) is 10.8 Å². The van der Waals surface area contributed by atoms with Crippen LogP contribution in [0.1, 0.15) is 60.8 Å². The normalized spacial score (nSPS) is 15.6. The molecule has 1 aliphatic carbocycles. The molecule has 0 radical (unpaired) electrons. The number of nitrogens with one attached hydrogen (secondary N) is 1. The Morgan fingerprint density at radius 2 is 1.87 bits per heavy atom. The van der Waals surface area contributed by atoms with Crippen molar-refractivity contribution in [3.63, 3.8) is 0 Å². The smallest absolute Gasteiger partial charge is 0.256 e. The predicted molar refractivity (Wildman–Crippen MR) is 158 cm³/mol. The number of carbonyl (C=O) groups is 1. The third-order valence-corrected chi connectivity index (χ3v) is 11.3. The SMILES string of the molecule is CCCCN(CC)S(=O)(=O)c1ccc(C(=O)Nc2sc3c(c2-c2nc4ccccc4s2)CCC(C)C3)cc1. The Hall–Kier alpha value is -2.59. The fourth-order valence-electron chi connectivity index (χ4n) is 4.93. The molecule has 6 nitrogen and oxygen atoms in total. The van der Waals surface area contributed by atoms with Crippen LogP contribution in [0.4, 0.5) is 5.00 Å². The second-order valence-electron chi connectivity index (χ2n) is 9.87. The number of sulfonamides is 1. The topological polar surface area (TPSA) is 79.4 Å². The average Bonchev–Trinajstić information content (AvgIpc) is 3.49. The molecule has 2 aromatic carbocycles. The van der Waals surface area contributed by atoms with E-state index in [0.29, 0.717) is 24.6 Å². The molecule has 1 N–H and O–H groups in total. The minimum absolute atomic E-state index is 0.211. The van der Waals surface area contributed by atoms with E-state index in [2.05, 4.69) is 18.3 Å². The summed E-state index contributed by atoms with van der Waals surface area (Å²) < 4.78 is 28.8. The molecule has 0 bridgehead atoms. The molecule has 1 unspecified atom stereocenters. The van der Waals surface area contributed by atoms with Gasteiger partial charge in [0.15, 0.2) is 0 Å². The van der Waals surface area contributed by atoms with Gasteiger partial charge in [0.1, 0.15) is 10.0 Å². The van der Waals surface area contributed by atoms with Crippen molar-refractivity contribution < 1.29 is 13.2 Å². The first-order valence-electron chi connectivity index (χ1n) is 13.2. The summed E-state index contributed by atoms with van der Waals surface area (Å²) in [6.45, 7) is 7.07. The summed E-state index contributed by atoms with van der Waals surface area (Å²) in [6, 6.07) is 14.4. The minimum Gasteiger partial charge on any atom is -0.313 e. The molecule has 0 fully saturated rings. The van der Waals surface area contributed by atoms with E-state index in [1.165, 1.54) is 26.9 Å². The van der Waals surface area contributed by atoms with Crippen LogP contribution in [0.2, 0.25) is 0 Å². The highest BCUT2D eigenvalue weighted by atomic mass is 32.2. The maximum Gasteiger partial charge on any atom is 0.256 e. The van der Waals surface area contributed by atoms with E-state index >= 15 is 0 Å². The average molecular weight is 568 g/mol. The van der Waals surface area contributed by atoms with Crippen LogP contribution < -0.4 is 5.32 Å². The zero-order valence-electron chi connectivity index (χ0n) is 22.0. The van der Waals surface area contributed by atoms with Crippen LogP contribution >= 0.6 is 22.7 Å². The van der Waals surface area contributed by atoms with Gasteiger partial charge in [-0.1, -0.05) is 39.3 Å². The Labute approximate surface area is 232 Å². The van der Waals surface area contributed by atoms with Crippen LogP contribution in [0.5, 0.6) is 0 Å². The molecule has 0 aliphatic heterocycles. The van der Waals surface area contributed by atoms with Gasteiger partial charge in [0.05, 0.1) is 15.1 Å². The maximum atomic E-state index is 13.4. The zero-order valence-corrected chi connectivity index (χ0v) is 24.4. The molecule has 38 heavy (non-hydrogen) atoms. The fraction of sp³-hybridized carbons (Fsp3) is 0.379. The van der Waals surface area contributed by atoms with Crippen LogP contribution in [0.25, 0.3) is 20.8 Å². The van der Waals surface area contributed by atoms with Gasteiger partial charge in [-0.05, 0) is 73.6 Å². The molecule has 1 aliphatic rings. The second-order valence-corrected chi connectivity index (χ2v) is 13.9. The van der Waals surface area contributed by atoms with Gasteiger partial charge in [-0.3, -0.25) is 4.79 Å². The predicted octanol–water partition coefficient (Wildman–Crippen LogP) is 7.21. The highest BCUT2D eigenvalue weighted by Gasteiger charge is 2.28. The lowest BCUT2D eigenvalue weighted by molar-refractivity contribution is 0.102. The van der Waals surface area contributed by atoms with Crippen molar-refractivity contribution in [3.8, 4) is 10.6 Å². The van der Waals surface area contributed by atoms with E-state index in [9.17, 15) is 13.2 Å². The Balaban J connectivity index is 1.44. The van der Waals surface area contributed by atoms with Gasteiger partial charge < -0.3 is 5.32 Å². The number of unbranched alkanes of at least 4 members (excludes halogenated alkanes) is 1. The first kappa shape index (κ1) is 27.0. The van der Waals surface area contributed by atoms with E-state index in [4.69, 9.17) is 4.98 Å². The van der Waals surface area contributed by atoms with Gasteiger partial charge in [-0.15, -0.1) is 22.7 Å². The first-order valence-corrected chi connectivity index (χ1v) is 16.3. The summed E-state index contributed by atoms with van der Waals surface area (Å²) in [4.78, 5) is 19.8. The number of rotatable bonds is 9. The lowest BCUT2D eigenvalue weighted by Crippen LogP contribution is -2.31. The van der Waals surface area contributed by atoms with Gasteiger partial charge in [-0.25, -0.2) is 13.4 Å². The first-order chi connectivity index (χ1) is 18.3. The van der Waals surface area contributed by atoms with Crippen molar-refractivity contribution >= 4 is 53.8 Å². The number of amides is 1. The molecule has 0 saturated carbocycles. The lowest BCUT2D eigenvalue weighted by atomic mass is 9.88. The van der Waals surface area contributed by atoms with Gasteiger partial charge in [0, 0.05) is 29.1 Å². The molecule has 1 amide bonds. The van der Waals surface area contributed by atoms with Crippen molar-refractivity contribution in [2.75, 3.05) is 18.4 Å². The van der Waals surface area contributed by atoms with Crippen LogP contribution in [-0.4, -0.2) is 36.7 Å². The Bertz CT molecular complexity index is 1520. The summed E-state index contributed by atoms with van der Waals surface area (Å²) in [7, 11) is -3.59. The minimum atomic E-state index is -3.59. The number of nitrogens with zero attached hydrogens (tertiary/aromatic N) is 2. The van der Waals surface area contributed by atoms with Crippen molar-refractivity contribution in [2.45, 2.75) is 57.8 Å². The molecule has 0 spiro atoms. The number of para-hydroxylation sites is 1. The lowest BCUT2D eigenvalue weighted by Gasteiger charge is -2.20. The Kier molecular flexibility index (Phi) is 8.00. The van der Waals surface area contributed by atoms with E-state index < -0.39 is 10.0 Å². The number of fused-ring (bicyclic) bond motifs is 2. The molecule has 4 aromatic rings. The van der Waals surface area contributed by atoms with E-state index in [1.54, 1.807) is 34.8 Å². The molecule has 2 aromatic heterocycles. The van der Waals surface area contributed by atoms with Crippen molar-refractivity contribution in [1.29, 1.82) is 0 Å². The third-order valence-electron chi connectivity index (χ3n) is 7.11. The number of carbonyl (C=O) groups excluding carboxylic acids is 1. The monoisotopic (exact) mass is 567 g/mol. The Morgan fingerprint density at radius 1 is 1.11 bits per heavy atom. The molecular formula is C29H33N3O3S3. The van der Waals surface area contributed by atoms with Gasteiger partial charge in [0.2, 0.25) is 10.0 Å². The quantitative estimate of drug-likeness (QED) is 0.232. The molecule has 9 heteroatoms. The number of thiophene rings is 1. The molecule has 5 rings (SSSR count). The van der Waals surface area contributed by atoms with Crippen molar-refractivity contribution in [2.24, 2.45) is 5.92 Å². The van der Waals surface area contributed by atoms with Crippen molar-refractivity contribution in [3.05, 3.63) is 64.5 Å². The number of benzene rings is 2. The summed E-state index contributed by atoms with van der Waals surface area (Å²) in [6.07, 6.45) is 4.85. The van der Waals surface area contributed by atoms with Crippen LogP contribution in [0.3, 0.4) is 0 Å². The zero-order chi connectivity index (χ0) is 26.9. The van der Waals surface area contributed by atoms with Gasteiger partial charge in [-0.2, -0.15) is 4.31 Å². The Morgan fingerprint density at radius 3 is 2.58 bits per heavy atom. The molecule has 200 valence electrons. The molecule has 0 saturated heterocycles. The number of aromatic nitrogens is 1. The van der Waals surface area contributed by atoms with Crippen LogP contribution in [-0.2, 0) is 22.9 Å². The number of anilines is 1. The number of hydrogen-bond acceptors (Lipinski definition) is 6. The van der Waals surface area contributed by atoms with Gasteiger partial charge >= 0.3 is 0 Å². The largest absolute Gasteiger partial charge is 0.313 e. The summed E-state index contributed by atoms with van der Waals surface area (Å²) in [5.74, 6) is 0.365. The van der Waals surface area contributed by atoms with Crippen LogP contribution in [0, 0.1) is 5.92 Å². The van der Waals surface area contributed by atoms with Crippen LogP contribution in [0.15, 0.2) is 53.4 Å². The fourth-order valence-corrected chi connectivity index (χ4v) is 8.93. The summed E-state index contributed by atoms with van der Waals surface area (Å²) in [5.41, 5.74) is 3.73. The highest BCUT2D eigenvalue weighted by Crippen LogP contribution is 2.47. The molecule has 1 atom stereocenters. The molecule has 2 heterocycles. The number of thiazole rings is 1. The highest BCUT2D eigenvalue weighted by molar-refractivity contribution is 7.89. The molecular weight excluding hydrogens is 535 g/mol. The number of hydrogen-bond donors (Lipinski definition) is 1. The third kappa shape index (κ3) is 5.30.